The quantitative estimate of drug-likeness (QED) is 0.741. The molecule has 0 bridgehead atoms. The van der Waals surface area contributed by atoms with E-state index in [2.05, 4.69) is 26.8 Å². The Balaban J connectivity index is 3.09. The van der Waals surface area contributed by atoms with E-state index in [1.807, 2.05) is 6.92 Å². The SMILES string of the molecule is CCCCC1(O)C(CC)=CC(OC)C(C)=C1C. The predicted octanol–water partition coefficient (Wildman–Crippen LogP) is 3.61. The van der Waals surface area contributed by atoms with Crippen molar-refractivity contribution in [1.82, 2.24) is 0 Å². The summed E-state index contributed by atoms with van der Waals surface area (Å²) in [6.07, 6.45) is 5.99. The van der Waals surface area contributed by atoms with Crippen LogP contribution in [0.1, 0.15) is 53.4 Å². The van der Waals surface area contributed by atoms with Crippen LogP contribution < -0.4 is 0 Å². The first kappa shape index (κ1) is 14.5. The van der Waals surface area contributed by atoms with Gasteiger partial charge in [0.1, 0.15) is 5.60 Å². The number of hydrogen-bond donors (Lipinski definition) is 1. The van der Waals surface area contributed by atoms with Crippen molar-refractivity contribution in [2.45, 2.75) is 65.1 Å². The van der Waals surface area contributed by atoms with Crippen molar-refractivity contribution >= 4 is 0 Å². The van der Waals surface area contributed by atoms with Crippen LogP contribution in [0.25, 0.3) is 0 Å². The van der Waals surface area contributed by atoms with Gasteiger partial charge in [-0.1, -0.05) is 26.7 Å². The zero-order valence-electron chi connectivity index (χ0n) is 11.8. The molecule has 0 fully saturated rings. The highest BCUT2D eigenvalue weighted by atomic mass is 16.5. The monoisotopic (exact) mass is 238 g/mol. The standard InChI is InChI=1S/C15H26O2/c1-6-8-9-15(16)12(4)11(3)14(17-5)10-13(15)7-2/h10,14,16H,6-9H2,1-5H3. The molecule has 0 amide bonds. The number of rotatable bonds is 5. The van der Waals surface area contributed by atoms with E-state index in [0.717, 1.165) is 42.4 Å². The topological polar surface area (TPSA) is 29.5 Å². The third kappa shape index (κ3) is 2.63. The van der Waals surface area contributed by atoms with E-state index < -0.39 is 5.60 Å². The molecule has 98 valence electrons. The summed E-state index contributed by atoms with van der Waals surface area (Å²) in [6.45, 7) is 8.36. The Labute approximate surface area is 105 Å². The number of aliphatic hydroxyl groups is 1. The Morgan fingerprint density at radius 2 is 2.00 bits per heavy atom. The van der Waals surface area contributed by atoms with E-state index in [4.69, 9.17) is 4.74 Å². The molecule has 0 heterocycles. The van der Waals surface area contributed by atoms with E-state index >= 15 is 0 Å². The number of methoxy groups -OCH3 is 1. The van der Waals surface area contributed by atoms with Crippen LogP contribution in [0.2, 0.25) is 0 Å². The Morgan fingerprint density at radius 1 is 1.35 bits per heavy atom. The minimum absolute atomic E-state index is 0.0341. The second-order valence-corrected chi connectivity index (χ2v) is 4.97. The van der Waals surface area contributed by atoms with Crippen molar-refractivity contribution in [1.29, 1.82) is 0 Å². The van der Waals surface area contributed by atoms with Gasteiger partial charge in [-0.25, -0.2) is 0 Å². The molecule has 1 rings (SSSR count). The highest BCUT2D eigenvalue weighted by molar-refractivity contribution is 5.42. The fraction of sp³-hybridized carbons (Fsp3) is 0.733. The van der Waals surface area contributed by atoms with Gasteiger partial charge in [-0.05, 0) is 49.5 Å². The van der Waals surface area contributed by atoms with Crippen LogP contribution in [0.15, 0.2) is 22.8 Å². The molecule has 0 saturated heterocycles. The largest absolute Gasteiger partial charge is 0.381 e. The van der Waals surface area contributed by atoms with Crippen LogP contribution in [0.5, 0.6) is 0 Å². The first-order chi connectivity index (χ1) is 8.01. The minimum Gasteiger partial charge on any atom is -0.381 e. The molecule has 1 aliphatic carbocycles. The van der Waals surface area contributed by atoms with Crippen molar-refractivity contribution < 1.29 is 9.84 Å². The lowest BCUT2D eigenvalue weighted by atomic mass is 9.74. The van der Waals surface area contributed by atoms with Crippen molar-refractivity contribution in [2.24, 2.45) is 0 Å². The Hall–Kier alpha value is -0.600. The van der Waals surface area contributed by atoms with Gasteiger partial charge in [0.25, 0.3) is 0 Å². The molecule has 0 aliphatic heterocycles. The van der Waals surface area contributed by atoms with E-state index in [1.165, 1.54) is 0 Å². The maximum absolute atomic E-state index is 10.9. The summed E-state index contributed by atoms with van der Waals surface area (Å²) in [6, 6.07) is 0. The third-order valence-electron chi connectivity index (χ3n) is 4.05. The first-order valence-electron chi connectivity index (χ1n) is 6.65. The zero-order valence-corrected chi connectivity index (χ0v) is 11.8. The van der Waals surface area contributed by atoms with Gasteiger partial charge in [0.15, 0.2) is 0 Å². The first-order valence-corrected chi connectivity index (χ1v) is 6.65. The molecule has 0 radical (unpaired) electrons. The van der Waals surface area contributed by atoms with E-state index in [-0.39, 0.29) is 6.10 Å². The molecule has 0 spiro atoms. The molecule has 0 saturated carbocycles. The molecule has 2 unspecified atom stereocenters. The molecule has 2 nitrogen and oxygen atoms in total. The second-order valence-electron chi connectivity index (χ2n) is 4.97. The number of hydrogen-bond acceptors (Lipinski definition) is 2. The smallest absolute Gasteiger partial charge is 0.107 e. The third-order valence-corrected chi connectivity index (χ3v) is 4.05. The molecule has 2 heteroatoms. The fourth-order valence-corrected chi connectivity index (χ4v) is 2.66. The van der Waals surface area contributed by atoms with E-state index in [0.29, 0.717) is 0 Å². The average molecular weight is 238 g/mol. The van der Waals surface area contributed by atoms with Gasteiger partial charge in [-0.2, -0.15) is 0 Å². The summed E-state index contributed by atoms with van der Waals surface area (Å²) in [5, 5.41) is 10.9. The molecular weight excluding hydrogens is 212 g/mol. The van der Waals surface area contributed by atoms with Gasteiger partial charge < -0.3 is 9.84 Å². The average Bonchev–Trinajstić information content (AvgIpc) is 2.34. The van der Waals surface area contributed by atoms with E-state index in [9.17, 15) is 5.11 Å². The second kappa shape index (κ2) is 5.83. The van der Waals surface area contributed by atoms with Crippen LogP contribution in [-0.4, -0.2) is 23.9 Å². The van der Waals surface area contributed by atoms with Gasteiger partial charge in [-0.3, -0.25) is 0 Å². The molecule has 17 heavy (non-hydrogen) atoms. The summed E-state index contributed by atoms with van der Waals surface area (Å²) in [7, 11) is 1.72. The van der Waals surface area contributed by atoms with E-state index in [1.54, 1.807) is 7.11 Å². The maximum atomic E-state index is 10.9. The Bertz CT molecular complexity index is 328. The molecule has 0 aromatic heterocycles. The summed E-state index contributed by atoms with van der Waals surface area (Å²) in [5.74, 6) is 0. The minimum atomic E-state index is -0.732. The summed E-state index contributed by atoms with van der Waals surface area (Å²) in [4.78, 5) is 0. The number of ether oxygens (including phenoxy) is 1. The molecule has 2 atom stereocenters. The Morgan fingerprint density at radius 3 is 2.47 bits per heavy atom. The van der Waals surface area contributed by atoms with Crippen LogP contribution >= 0.6 is 0 Å². The molecule has 1 aliphatic rings. The van der Waals surface area contributed by atoms with Gasteiger partial charge in [-0.15, -0.1) is 0 Å². The van der Waals surface area contributed by atoms with Crippen molar-refractivity contribution in [3.05, 3.63) is 22.8 Å². The maximum Gasteiger partial charge on any atom is 0.107 e. The van der Waals surface area contributed by atoms with Crippen molar-refractivity contribution in [3.8, 4) is 0 Å². The van der Waals surface area contributed by atoms with Crippen LogP contribution in [0, 0.1) is 0 Å². The van der Waals surface area contributed by atoms with Gasteiger partial charge in [0.2, 0.25) is 0 Å². The van der Waals surface area contributed by atoms with Crippen LogP contribution in [0.3, 0.4) is 0 Å². The Kier molecular flexibility index (Phi) is 4.96. The van der Waals surface area contributed by atoms with Crippen LogP contribution in [-0.2, 0) is 4.74 Å². The highest BCUT2D eigenvalue weighted by Crippen LogP contribution is 2.39. The van der Waals surface area contributed by atoms with Gasteiger partial charge in [0.05, 0.1) is 6.10 Å². The lowest BCUT2D eigenvalue weighted by Crippen LogP contribution is -2.38. The number of unbranched alkanes of at least 4 members (excludes halogenated alkanes) is 1. The summed E-state index contributed by atoms with van der Waals surface area (Å²) >= 11 is 0. The summed E-state index contributed by atoms with van der Waals surface area (Å²) in [5.41, 5.74) is 2.62. The van der Waals surface area contributed by atoms with Crippen molar-refractivity contribution in [2.75, 3.05) is 7.11 Å². The molecule has 1 N–H and O–H groups in total. The normalized spacial score (nSPS) is 29.5. The molecule has 0 aromatic rings. The molecule has 0 aromatic carbocycles. The zero-order chi connectivity index (χ0) is 13.1. The van der Waals surface area contributed by atoms with Crippen LogP contribution in [0.4, 0.5) is 0 Å². The predicted molar refractivity (Wildman–Crippen MR) is 72.0 cm³/mol. The molecular formula is C15H26O2. The highest BCUT2D eigenvalue weighted by Gasteiger charge is 2.37. The lowest BCUT2D eigenvalue weighted by Gasteiger charge is -2.38. The van der Waals surface area contributed by atoms with Gasteiger partial charge in [0, 0.05) is 7.11 Å². The fourth-order valence-electron chi connectivity index (χ4n) is 2.66. The van der Waals surface area contributed by atoms with Crippen molar-refractivity contribution in [3.63, 3.8) is 0 Å². The lowest BCUT2D eigenvalue weighted by molar-refractivity contribution is 0.0840. The van der Waals surface area contributed by atoms with Gasteiger partial charge >= 0.3 is 0 Å². The summed E-state index contributed by atoms with van der Waals surface area (Å²) < 4.78 is 5.46.